The highest BCUT2D eigenvalue weighted by Crippen LogP contribution is 2.34. The Balaban J connectivity index is 1.85. The Morgan fingerprint density at radius 1 is 0.967 bits per heavy atom. The molecular formula is C25H21NO4. The summed E-state index contributed by atoms with van der Waals surface area (Å²) in [5.74, 6) is -0.312. The molecular weight excluding hydrogens is 378 g/mol. The molecule has 1 aliphatic rings. The van der Waals surface area contributed by atoms with Gasteiger partial charge in [0, 0.05) is 12.5 Å². The van der Waals surface area contributed by atoms with E-state index in [1.54, 1.807) is 37.1 Å². The third-order valence-electron chi connectivity index (χ3n) is 5.29. The van der Waals surface area contributed by atoms with E-state index in [-0.39, 0.29) is 11.5 Å². The standard InChI is InChI=1S/C25H21NO4/c1-16(27)26-15-20-13-18(22-5-3-4-6-23(22)25(28)29)9-7-17(20)8-10-19-14-21(30-2)11-12-24(19)26/h3-14H,15H2,1-2H3,(H,28,29)/b10-8-. The fraction of sp³-hybridized carbons (Fsp3) is 0.120. The molecule has 30 heavy (non-hydrogen) atoms. The summed E-state index contributed by atoms with van der Waals surface area (Å²) in [6, 6.07) is 18.4. The van der Waals surface area contributed by atoms with Crippen molar-refractivity contribution < 1.29 is 19.4 Å². The second kappa shape index (κ2) is 7.87. The van der Waals surface area contributed by atoms with Crippen LogP contribution in [0, 0.1) is 0 Å². The van der Waals surface area contributed by atoms with Crippen LogP contribution in [0.5, 0.6) is 5.75 Å². The van der Waals surface area contributed by atoms with Gasteiger partial charge in [-0.25, -0.2) is 4.79 Å². The molecule has 3 aromatic rings. The maximum absolute atomic E-state index is 12.5. The highest BCUT2D eigenvalue weighted by molar-refractivity contribution is 5.97. The van der Waals surface area contributed by atoms with Crippen molar-refractivity contribution in [2.45, 2.75) is 13.5 Å². The zero-order valence-corrected chi connectivity index (χ0v) is 16.8. The second-order valence-electron chi connectivity index (χ2n) is 7.13. The molecule has 0 aromatic heterocycles. The quantitative estimate of drug-likeness (QED) is 0.666. The molecule has 0 radical (unpaired) electrons. The zero-order chi connectivity index (χ0) is 21.3. The molecule has 1 heterocycles. The first-order valence-electron chi connectivity index (χ1n) is 9.58. The summed E-state index contributed by atoms with van der Waals surface area (Å²) in [6.45, 7) is 1.93. The van der Waals surface area contributed by atoms with Gasteiger partial charge in [-0.15, -0.1) is 0 Å². The van der Waals surface area contributed by atoms with Crippen LogP contribution in [0.25, 0.3) is 23.3 Å². The summed E-state index contributed by atoms with van der Waals surface area (Å²) in [4.78, 5) is 25.8. The number of nitrogens with zero attached hydrogens (tertiary/aromatic N) is 1. The minimum atomic E-state index is -0.967. The number of methoxy groups -OCH3 is 1. The van der Waals surface area contributed by atoms with Crippen LogP contribution in [-0.2, 0) is 11.3 Å². The summed E-state index contributed by atoms with van der Waals surface area (Å²) in [5, 5.41) is 9.54. The molecule has 0 unspecified atom stereocenters. The van der Waals surface area contributed by atoms with Gasteiger partial charge in [-0.1, -0.05) is 42.5 Å². The largest absolute Gasteiger partial charge is 0.497 e. The van der Waals surface area contributed by atoms with Gasteiger partial charge in [0.15, 0.2) is 0 Å². The van der Waals surface area contributed by atoms with E-state index >= 15 is 0 Å². The molecule has 0 atom stereocenters. The fourth-order valence-electron chi connectivity index (χ4n) is 3.75. The van der Waals surface area contributed by atoms with Gasteiger partial charge in [-0.05, 0) is 52.6 Å². The van der Waals surface area contributed by atoms with Crippen LogP contribution in [0.15, 0.2) is 60.7 Å². The first-order valence-corrected chi connectivity index (χ1v) is 9.58. The van der Waals surface area contributed by atoms with Crippen molar-refractivity contribution in [3.8, 4) is 16.9 Å². The summed E-state index contributed by atoms with van der Waals surface area (Å²) >= 11 is 0. The van der Waals surface area contributed by atoms with Crippen LogP contribution in [0.4, 0.5) is 5.69 Å². The number of amides is 1. The third-order valence-corrected chi connectivity index (χ3v) is 5.29. The first kappa shape index (κ1) is 19.5. The predicted molar refractivity (Wildman–Crippen MR) is 118 cm³/mol. The summed E-state index contributed by atoms with van der Waals surface area (Å²) < 4.78 is 5.33. The van der Waals surface area contributed by atoms with Crippen LogP contribution in [-0.4, -0.2) is 24.1 Å². The third kappa shape index (κ3) is 3.57. The second-order valence-corrected chi connectivity index (χ2v) is 7.13. The predicted octanol–water partition coefficient (Wildman–Crippen LogP) is 5.10. The molecule has 0 spiro atoms. The topological polar surface area (TPSA) is 66.8 Å². The molecule has 1 aliphatic heterocycles. The van der Waals surface area contributed by atoms with E-state index in [4.69, 9.17) is 4.74 Å². The molecule has 0 saturated carbocycles. The molecule has 1 amide bonds. The lowest BCUT2D eigenvalue weighted by Gasteiger charge is -2.26. The van der Waals surface area contributed by atoms with Crippen molar-refractivity contribution in [1.29, 1.82) is 0 Å². The monoisotopic (exact) mass is 399 g/mol. The van der Waals surface area contributed by atoms with Crippen molar-refractivity contribution in [1.82, 2.24) is 0 Å². The number of aromatic carboxylic acids is 1. The summed E-state index contributed by atoms with van der Waals surface area (Å²) in [5.41, 5.74) is 5.33. The van der Waals surface area contributed by atoms with Crippen molar-refractivity contribution in [2.24, 2.45) is 0 Å². The molecule has 5 nitrogen and oxygen atoms in total. The van der Waals surface area contributed by atoms with E-state index in [9.17, 15) is 14.7 Å². The number of ether oxygens (including phenoxy) is 1. The number of carbonyl (C=O) groups is 2. The van der Waals surface area contributed by atoms with Crippen molar-refractivity contribution in [2.75, 3.05) is 12.0 Å². The first-order chi connectivity index (χ1) is 14.5. The molecule has 150 valence electrons. The number of carboxylic acids is 1. The minimum Gasteiger partial charge on any atom is -0.497 e. The molecule has 0 fully saturated rings. The van der Waals surface area contributed by atoms with Gasteiger partial charge in [-0.2, -0.15) is 0 Å². The Hall–Kier alpha value is -3.86. The van der Waals surface area contributed by atoms with Crippen LogP contribution in [0.2, 0.25) is 0 Å². The number of carboxylic acid groups (broad SMARTS) is 1. The number of hydrogen-bond donors (Lipinski definition) is 1. The molecule has 5 heteroatoms. The van der Waals surface area contributed by atoms with Crippen molar-refractivity contribution in [3.05, 3.63) is 82.9 Å². The normalized spacial score (nSPS) is 13.5. The maximum Gasteiger partial charge on any atom is 0.336 e. The molecule has 0 bridgehead atoms. The van der Waals surface area contributed by atoms with Crippen LogP contribution >= 0.6 is 0 Å². The Kier molecular flexibility index (Phi) is 5.11. The molecule has 3 aromatic carbocycles. The Morgan fingerprint density at radius 3 is 2.47 bits per heavy atom. The van der Waals surface area contributed by atoms with Gasteiger partial charge in [0.25, 0.3) is 0 Å². The maximum atomic E-state index is 12.5. The van der Waals surface area contributed by atoms with Crippen molar-refractivity contribution >= 4 is 29.7 Å². The molecule has 4 rings (SSSR count). The average molecular weight is 399 g/mol. The highest BCUT2D eigenvalue weighted by atomic mass is 16.5. The van der Waals surface area contributed by atoms with Gasteiger partial charge in [0.1, 0.15) is 5.75 Å². The number of anilines is 1. The summed E-state index contributed by atoms with van der Waals surface area (Å²) in [6.07, 6.45) is 3.98. The van der Waals surface area contributed by atoms with E-state index in [1.165, 1.54) is 0 Å². The fourth-order valence-corrected chi connectivity index (χ4v) is 3.75. The number of carbonyl (C=O) groups excluding carboxylic acids is 1. The van der Waals surface area contributed by atoms with Crippen LogP contribution in [0.3, 0.4) is 0 Å². The van der Waals surface area contributed by atoms with Gasteiger partial charge in [0.05, 0.1) is 24.9 Å². The highest BCUT2D eigenvalue weighted by Gasteiger charge is 2.20. The van der Waals surface area contributed by atoms with E-state index in [0.717, 1.165) is 33.7 Å². The number of rotatable bonds is 3. The van der Waals surface area contributed by atoms with E-state index in [2.05, 4.69) is 0 Å². The van der Waals surface area contributed by atoms with E-state index in [1.807, 2.05) is 54.6 Å². The van der Waals surface area contributed by atoms with Crippen LogP contribution in [0.1, 0.15) is 34.0 Å². The van der Waals surface area contributed by atoms with Gasteiger partial charge >= 0.3 is 5.97 Å². The number of benzene rings is 3. The Labute approximate surface area is 174 Å². The van der Waals surface area contributed by atoms with Gasteiger partial charge in [-0.3, -0.25) is 4.79 Å². The average Bonchev–Trinajstić information content (AvgIpc) is 2.74. The lowest BCUT2D eigenvalue weighted by Crippen LogP contribution is -2.29. The number of hydrogen-bond acceptors (Lipinski definition) is 3. The summed E-state index contributed by atoms with van der Waals surface area (Å²) in [7, 11) is 1.61. The number of fused-ring (bicyclic) bond motifs is 2. The smallest absolute Gasteiger partial charge is 0.336 e. The molecule has 1 N–H and O–H groups in total. The zero-order valence-electron chi connectivity index (χ0n) is 16.8. The lowest BCUT2D eigenvalue weighted by molar-refractivity contribution is -0.116. The van der Waals surface area contributed by atoms with E-state index in [0.29, 0.717) is 12.1 Å². The Bertz CT molecular complexity index is 1180. The lowest BCUT2D eigenvalue weighted by atomic mass is 9.94. The van der Waals surface area contributed by atoms with Crippen LogP contribution < -0.4 is 9.64 Å². The Morgan fingerprint density at radius 2 is 1.73 bits per heavy atom. The molecule has 0 aliphatic carbocycles. The van der Waals surface area contributed by atoms with Crippen molar-refractivity contribution in [3.63, 3.8) is 0 Å². The van der Waals surface area contributed by atoms with Gasteiger partial charge in [0.2, 0.25) is 5.91 Å². The minimum absolute atomic E-state index is 0.0704. The SMILES string of the molecule is COc1ccc2c(c1)/C=C\c1ccc(-c3ccccc3C(=O)O)cc1CN2C(C)=O. The molecule has 0 saturated heterocycles. The van der Waals surface area contributed by atoms with Gasteiger partial charge < -0.3 is 14.7 Å². The van der Waals surface area contributed by atoms with E-state index < -0.39 is 5.97 Å².